The first kappa shape index (κ1) is 28.1. The number of rotatable bonds is 7. The van der Waals surface area contributed by atoms with Crippen molar-refractivity contribution in [1.82, 2.24) is 15.3 Å². The van der Waals surface area contributed by atoms with Crippen LogP contribution in [0.3, 0.4) is 0 Å². The van der Waals surface area contributed by atoms with Gasteiger partial charge in [0, 0.05) is 42.5 Å². The van der Waals surface area contributed by atoms with Crippen LogP contribution in [0.4, 0.5) is 32.0 Å². The maximum absolute atomic E-state index is 14.3. The van der Waals surface area contributed by atoms with Crippen LogP contribution in [0.5, 0.6) is 0 Å². The second-order valence-corrected chi connectivity index (χ2v) is 10.3. The lowest BCUT2D eigenvalue weighted by atomic mass is 9.87. The highest BCUT2D eigenvalue weighted by Crippen LogP contribution is 2.59. The largest absolute Gasteiger partial charge is 0.398 e. The summed E-state index contributed by atoms with van der Waals surface area (Å²) in [5, 5.41) is 2.67. The molecule has 0 spiro atoms. The molecule has 2 saturated carbocycles. The number of benzene rings is 1. The molecule has 0 bridgehead atoms. The van der Waals surface area contributed by atoms with Crippen molar-refractivity contribution in [3.63, 3.8) is 0 Å². The molecule has 2 atom stereocenters. The van der Waals surface area contributed by atoms with Crippen LogP contribution in [0, 0.1) is 0 Å². The van der Waals surface area contributed by atoms with E-state index in [9.17, 15) is 35.9 Å². The Bertz CT molecular complexity index is 1160. The SMILES string of the molecule is C[C@](C(=O)NC1CCC(F)(F)CC1)(c1cncnc1)N(C(=O)[C@H](F)Cl)c1ccc(C2(C(F)(F)F)CC2)cc1. The number of carbonyl (C=O) groups excluding carboxylic acids is 2. The van der Waals surface area contributed by atoms with E-state index in [0.717, 1.165) is 11.2 Å². The van der Waals surface area contributed by atoms with Gasteiger partial charge in [-0.25, -0.2) is 23.1 Å². The van der Waals surface area contributed by atoms with E-state index in [1.54, 1.807) is 0 Å². The fraction of sp³-hybridized carbons (Fsp3) is 0.520. The van der Waals surface area contributed by atoms with Crippen LogP contribution >= 0.6 is 11.6 Å². The van der Waals surface area contributed by atoms with Crippen molar-refractivity contribution in [2.24, 2.45) is 0 Å². The molecular formula is C25H25ClF6N4O2. The molecular weight excluding hydrogens is 538 g/mol. The highest BCUT2D eigenvalue weighted by Gasteiger charge is 2.64. The van der Waals surface area contributed by atoms with Gasteiger partial charge in [-0.3, -0.25) is 14.5 Å². The van der Waals surface area contributed by atoms with Gasteiger partial charge in [0.1, 0.15) is 6.33 Å². The molecule has 2 aliphatic carbocycles. The van der Waals surface area contributed by atoms with E-state index in [1.165, 1.54) is 43.6 Å². The van der Waals surface area contributed by atoms with E-state index >= 15 is 0 Å². The molecule has 1 aromatic heterocycles. The van der Waals surface area contributed by atoms with Crippen molar-refractivity contribution >= 4 is 29.1 Å². The lowest BCUT2D eigenvalue weighted by Gasteiger charge is -2.41. The molecule has 0 radical (unpaired) electrons. The number of alkyl halides is 7. The Balaban J connectivity index is 1.75. The van der Waals surface area contributed by atoms with Gasteiger partial charge in [-0.2, -0.15) is 13.2 Å². The van der Waals surface area contributed by atoms with E-state index in [4.69, 9.17) is 11.6 Å². The van der Waals surface area contributed by atoms with Gasteiger partial charge in [-0.05, 0) is 50.3 Å². The quantitative estimate of drug-likeness (QED) is 0.355. The minimum atomic E-state index is -4.48. The number of aromatic nitrogens is 2. The molecule has 206 valence electrons. The smallest absolute Gasteiger partial charge is 0.351 e. The highest BCUT2D eigenvalue weighted by molar-refractivity contribution is 6.32. The van der Waals surface area contributed by atoms with Crippen LogP contribution in [-0.2, 0) is 20.5 Å². The fourth-order valence-electron chi connectivity index (χ4n) is 4.92. The van der Waals surface area contributed by atoms with E-state index in [1.807, 2.05) is 0 Å². The number of carbonyl (C=O) groups is 2. The van der Waals surface area contributed by atoms with Crippen LogP contribution in [-0.4, -0.2) is 45.6 Å². The van der Waals surface area contributed by atoms with Gasteiger partial charge in [0.2, 0.25) is 5.92 Å². The summed E-state index contributed by atoms with van der Waals surface area (Å²) >= 11 is 5.52. The Morgan fingerprint density at radius 2 is 1.61 bits per heavy atom. The number of anilines is 1. The Morgan fingerprint density at radius 3 is 2.08 bits per heavy atom. The number of halogens is 7. The summed E-state index contributed by atoms with van der Waals surface area (Å²) in [5.74, 6) is -5.05. The monoisotopic (exact) mass is 562 g/mol. The third-order valence-corrected chi connectivity index (χ3v) is 7.63. The second-order valence-electron chi connectivity index (χ2n) is 9.90. The zero-order valence-corrected chi connectivity index (χ0v) is 21.0. The van der Waals surface area contributed by atoms with Crippen LogP contribution in [0.1, 0.15) is 56.6 Å². The molecule has 2 amide bonds. The van der Waals surface area contributed by atoms with Crippen molar-refractivity contribution in [3.8, 4) is 0 Å². The predicted molar refractivity (Wildman–Crippen MR) is 126 cm³/mol. The lowest BCUT2D eigenvalue weighted by Crippen LogP contribution is -2.60. The van der Waals surface area contributed by atoms with E-state index < -0.39 is 59.4 Å². The van der Waals surface area contributed by atoms with Crippen molar-refractivity contribution in [2.75, 3.05) is 4.90 Å². The summed E-state index contributed by atoms with van der Waals surface area (Å²) in [7, 11) is 0. The van der Waals surface area contributed by atoms with Crippen molar-refractivity contribution in [3.05, 3.63) is 54.1 Å². The molecule has 38 heavy (non-hydrogen) atoms. The number of hydrogen-bond acceptors (Lipinski definition) is 4. The first-order valence-electron chi connectivity index (χ1n) is 11.9. The summed E-state index contributed by atoms with van der Waals surface area (Å²) in [6, 6.07) is 4.09. The zero-order valence-electron chi connectivity index (χ0n) is 20.2. The normalized spacial score (nSPS) is 21.2. The second kappa shape index (κ2) is 10.0. The first-order chi connectivity index (χ1) is 17.7. The summed E-state index contributed by atoms with van der Waals surface area (Å²) in [6.07, 6.45) is -1.98. The minimum absolute atomic E-state index is 0.0243. The molecule has 1 N–H and O–H groups in total. The molecule has 2 aliphatic rings. The van der Waals surface area contributed by atoms with Gasteiger partial charge in [0.25, 0.3) is 17.4 Å². The van der Waals surface area contributed by atoms with Gasteiger partial charge < -0.3 is 5.32 Å². The first-order valence-corrected chi connectivity index (χ1v) is 12.4. The van der Waals surface area contributed by atoms with Crippen LogP contribution in [0.2, 0.25) is 0 Å². The Hall–Kier alpha value is -2.89. The number of amides is 2. The van der Waals surface area contributed by atoms with Crippen LogP contribution < -0.4 is 10.2 Å². The lowest BCUT2D eigenvalue weighted by molar-refractivity contribution is -0.160. The average molecular weight is 563 g/mol. The van der Waals surface area contributed by atoms with Gasteiger partial charge >= 0.3 is 6.18 Å². The number of nitrogens with zero attached hydrogens (tertiary/aromatic N) is 3. The predicted octanol–water partition coefficient (Wildman–Crippen LogP) is 5.55. The maximum Gasteiger partial charge on any atom is 0.398 e. The molecule has 0 unspecified atom stereocenters. The third-order valence-electron chi connectivity index (χ3n) is 7.44. The standard InChI is InChI=1S/C25H25ClF6N4O2/c1-22(16-12-33-14-34-13-16,21(38)35-17-6-8-24(28,29)9-7-17)36(20(37)19(26)27)18-4-2-15(3-5-18)23(10-11-23)25(30,31)32/h2-5,12-14,17,19H,6-11H2,1H3,(H,35,38)/t19-,22+/m0/s1. The summed E-state index contributed by atoms with van der Waals surface area (Å²) in [6.45, 7) is 1.28. The summed E-state index contributed by atoms with van der Waals surface area (Å²) in [5.41, 5.74) is -6.72. The molecule has 1 aromatic carbocycles. The third kappa shape index (κ3) is 5.19. The molecule has 4 rings (SSSR count). The molecule has 2 fully saturated rings. The molecule has 6 nitrogen and oxygen atoms in total. The van der Waals surface area contributed by atoms with Crippen LogP contribution in [0.15, 0.2) is 43.0 Å². The van der Waals surface area contributed by atoms with E-state index in [0.29, 0.717) is 0 Å². The van der Waals surface area contributed by atoms with Crippen LogP contribution in [0.25, 0.3) is 0 Å². The fourth-order valence-corrected chi connectivity index (χ4v) is 5.01. The van der Waals surface area contributed by atoms with Gasteiger partial charge in [0.15, 0.2) is 5.54 Å². The van der Waals surface area contributed by atoms with Gasteiger partial charge in [-0.1, -0.05) is 23.7 Å². The van der Waals surface area contributed by atoms with Crippen molar-refractivity contribution < 1.29 is 35.9 Å². The van der Waals surface area contributed by atoms with Gasteiger partial charge in [-0.15, -0.1) is 0 Å². The Kier molecular flexibility index (Phi) is 7.41. The topological polar surface area (TPSA) is 75.2 Å². The molecule has 1 heterocycles. The Labute approximate surface area is 219 Å². The van der Waals surface area contributed by atoms with Gasteiger partial charge in [0.05, 0.1) is 5.41 Å². The minimum Gasteiger partial charge on any atom is -0.351 e. The van der Waals surface area contributed by atoms with E-state index in [2.05, 4.69) is 15.3 Å². The summed E-state index contributed by atoms with van der Waals surface area (Å²) < 4.78 is 82.4. The maximum atomic E-state index is 14.3. The van der Waals surface area contributed by atoms with Crippen molar-refractivity contribution in [2.45, 2.75) is 80.2 Å². The van der Waals surface area contributed by atoms with Crippen molar-refractivity contribution in [1.29, 1.82) is 0 Å². The van der Waals surface area contributed by atoms with E-state index in [-0.39, 0.29) is 42.5 Å². The molecule has 0 saturated heterocycles. The highest BCUT2D eigenvalue weighted by atomic mass is 35.5. The zero-order chi connectivity index (χ0) is 27.9. The molecule has 2 aromatic rings. The average Bonchev–Trinajstić information content (AvgIpc) is 3.68. The number of hydrogen-bond donors (Lipinski definition) is 1. The molecule has 0 aliphatic heterocycles. The molecule has 13 heteroatoms. The summed E-state index contributed by atoms with van der Waals surface area (Å²) in [4.78, 5) is 35.4. The Morgan fingerprint density at radius 1 is 1.05 bits per heavy atom. The number of nitrogens with one attached hydrogen (secondary N) is 1.